The van der Waals surface area contributed by atoms with E-state index in [9.17, 15) is 8.78 Å². The molecule has 24 heavy (non-hydrogen) atoms. The van der Waals surface area contributed by atoms with Crippen LogP contribution >= 0.6 is 24.0 Å². The van der Waals surface area contributed by atoms with Gasteiger partial charge in [-0.3, -0.25) is 9.56 Å². The molecule has 0 fully saturated rings. The molecule has 0 saturated carbocycles. The summed E-state index contributed by atoms with van der Waals surface area (Å²) in [5.74, 6) is 0.842. The van der Waals surface area contributed by atoms with Crippen molar-refractivity contribution in [1.29, 1.82) is 0 Å². The van der Waals surface area contributed by atoms with E-state index < -0.39 is 6.55 Å². The molecule has 0 saturated heterocycles. The second-order valence-corrected chi connectivity index (χ2v) is 4.97. The number of benzene rings is 1. The lowest BCUT2D eigenvalue weighted by Gasteiger charge is -2.12. The molecule has 2 rings (SSSR count). The standard InChI is InChI=1S/C16H21F2N5.HI/c1-19-16(21-9-5-8-13-6-3-2-4-7-13)22-12-14-20-10-11-23(14)15(17)18;/h2-4,6-7,10-11,15H,5,8-9,12H2,1H3,(H2,19,21,22);1H. The van der Waals surface area contributed by atoms with Crippen LogP contribution in [-0.4, -0.2) is 29.1 Å². The smallest absolute Gasteiger partial charge is 0.319 e. The molecule has 132 valence electrons. The molecule has 0 aliphatic carbocycles. The fourth-order valence-electron chi connectivity index (χ4n) is 2.19. The van der Waals surface area contributed by atoms with Crippen LogP contribution in [0.25, 0.3) is 0 Å². The largest absolute Gasteiger partial charge is 0.356 e. The van der Waals surface area contributed by atoms with Gasteiger partial charge in [-0.15, -0.1) is 24.0 Å². The molecule has 0 aliphatic rings. The number of nitrogens with zero attached hydrogens (tertiary/aromatic N) is 3. The van der Waals surface area contributed by atoms with Gasteiger partial charge in [0.2, 0.25) is 0 Å². The molecule has 1 aromatic heterocycles. The van der Waals surface area contributed by atoms with Gasteiger partial charge in [0.25, 0.3) is 0 Å². The Hall–Kier alpha value is -1.71. The number of imidazole rings is 1. The van der Waals surface area contributed by atoms with E-state index in [2.05, 4.69) is 32.7 Å². The molecule has 1 heterocycles. The van der Waals surface area contributed by atoms with Crippen molar-refractivity contribution in [3.8, 4) is 0 Å². The summed E-state index contributed by atoms with van der Waals surface area (Å²) in [5, 5.41) is 6.15. The number of halogens is 3. The summed E-state index contributed by atoms with van der Waals surface area (Å²) in [6.45, 7) is -1.65. The third-order valence-corrected chi connectivity index (χ3v) is 3.37. The van der Waals surface area contributed by atoms with Crippen LogP contribution in [0.4, 0.5) is 8.78 Å². The van der Waals surface area contributed by atoms with E-state index in [4.69, 9.17) is 0 Å². The third kappa shape index (κ3) is 6.42. The van der Waals surface area contributed by atoms with Gasteiger partial charge in [-0.25, -0.2) is 4.98 Å². The van der Waals surface area contributed by atoms with E-state index >= 15 is 0 Å². The summed E-state index contributed by atoms with van der Waals surface area (Å²) in [7, 11) is 1.64. The van der Waals surface area contributed by atoms with Gasteiger partial charge >= 0.3 is 6.55 Å². The minimum atomic E-state index is -2.59. The molecule has 0 unspecified atom stereocenters. The molecule has 0 bridgehead atoms. The number of aliphatic imine (C=N–C) groups is 1. The predicted octanol–water partition coefficient (Wildman–Crippen LogP) is 3.19. The Bertz CT molecular complexity index is 616. The SMILES string of the molecule is CN=C(NCCCc1ccccc1)NCc1nccn1C(F)F.I. The van der Waals surface area contributed by atoms with Crippen molar-refractivity contribution in [3.05, 3.63) is 54.1 Å². The number of alkyl halides is 2. The van der Waals surface area contributed by atoms with E-state index in [1.807, 2.05) is 18.2 Å². The highest BCUT2D eigenvalue weighted by atomic mass is 127. The lowest BCUT2D eigenvalue weighted by Crippen LogP contribution is -2.38. The van der Waals surface area contributed by atoms with Gasteiger partial charge in [0.15, 0.2) is 5.96 Å². The zero-order valence-corrected chi connectivity index (χ0v) is 15.8. The average Bonchev–Trinajstić information content (AvgIpc) is 3.04. The summed E-state index contributed by atoms with van der Waals surface area (Å²) in [6, 6.07) is 10.2. The second-order valence-electron chi connectivity index (χ2n) is 4.97. The van der Waals surface area contributed by atoms with Crippen molar-refractivity contribution >= 4 is 29.9 Å². The lowest BCUT2D eigenvalue weighted by molar-refractivity contribution is 0.0668. The quantitative estimate of drug-likeness (QED) is 0.296. The van der Waals surface area contributed by atoms with Crippen molar-refractivity contribution in [2.45, 2.75) is 25.9 Å². The van der Waals surface area contributed by atoms with Crippen LogP contribution in [0.15, 0.2) is 47.7 Å². The molecule has 1 aromatic carbocycles. The first kappa shape index (κ1) is 20.3. The molecule has 0 atom stereocenters. The van der Waals surface area contributed by atoms with Gasteiger partial charge in [0, 0.05) is 26.0 Å². The van der Waals surface area contributed by atoms with Crippen LogP contribution in [0.5, 0.6) is 0 Å². The van der Waals surface area contributed by atoms with Crippen LogP contribution in [0.1, 0.15) is 24.4 Å². The highest BCUT2D eigenvalue weighted by molar-refractivity contribution is 14.0. The van der Waals surface area contributed by atoms with Crippen molar-refractivity contribution in [2.75, 3.05) is 13.6 Å². The highest BCUT2D eigenvalue weighted by Crippen LogP contribution is 2.11. The summed E-state index contributed by atoms with van der Waals surface area (Å²) in [5.41, 5.74) is 1.29. The molecule has 2 aromatic rings. The van der Waals surface area contributed by atoms with Crippen molar-refractivity contribution in [1.82, 2.24) is 20.2 Å². The Balaban J connectivity index is 0.00000288. The number of hydrogen-bond donors (Lipinski definition) is 2. The number of nitrogens with one attached hydrogen (secondary N) is 2. The first-order chi connectivity index (χ1) is 11.2. The summed E-state index contributed by atoms with van der Waals surface area (Å²) < 4.78 is 26.3. The van der Waals surface area contributed by atoms with Crippen molar-refractivity contribution < 1.29 is 8.78 Å². The first-order valence-corrected chi connectivity index (χ1v) is 7.49. The van der Waals surface area contributed by atoms with E-state index in [-0.39, 0.29) is 36.3 Å². The Labute approximate surface area is 157 Å². The zero-order valence-electron chi connectivity index (χ0n) is 13.5. The Morgan fingerprint density at radius 1 is 1.25 bits per heavy atom. The Morgan fingerprint density at radius 2 is 2.00 bits per heavy atom. The van der Waals surface area contributed by atoms with Crippen molar-refractivity contribution in [3.63, 3.8) is 0 Å². The number of aromatic nitrogens is 2. The van der Waals surface area contributed by atoms with Gasteiger partial charge < -0.3 is 10.6 Å². The lowest BCUT2D eigenvalue weighted by atomic mass is 10.1. The van der Waals surface area contributed by atoms with E-state index in [0.717, 1.165) is 24.0 Å². The summed E-state index contributed by atoms with van der Waals surface area (Å²) in [6.07, 6.45) is 4.55. The molecule has 2 N–H and O–H groups in total. The van der Waals surface area contributed by atoms with Gasteiger partial charge in [-0.05, 0) is 18.4 Å². The molecule has 0 aliphatic heterocycles. The van der Waals surface area contributed by atoms with Gasteiger partial charge in [-0.2, -0.15) is 8.78 Å². The number of guanidine groups is 1. The first-order valence-electron chi connectivity index (χ1n) is 7.49. The van der Waals surface area contributed by atoms with Crippen LogP contribution in [0.2, 0.25) is 0 Å². The molecule has 0 radical (unpaired) electrons. The van der Waals surface area contributed by atoms with Gasteiger partial charge in [-0.1, -0.05) is 30.3 Å². The molecule has 0 amide bonds. The maximum atomic E-state index is 12.7. The molecule has 8 heteroatoms. The van der Waals surface area contributed by atoms with Gasteiger partial charge in [0.05, 0.1) is 6.54 Å². The van der Waals surface area contributed by atoms with Gasteiger partial charge in [0.1, 0.15) is 5.82 Å². The average molecular weight is 449 g/mol. The third-order valence-electron chi connectivity index (χ3n) is 3.37. The maximum Gasteiger partial charge on any atom is 0.319 e. The summed E-state index contributed by atoms with van der Waals surface area (Å²) >= 11 is 0. The topological polar surface area (TPSA) is 54.2 Å². The summed E-state index contributed by atoms with van der Waals surface area (Å²) in [4.78, 5) is 7.99. The molecule has 0 spiro atoms. The fraction of sp³-hybridized carbons (Fsp3) is 0.375. The van der Waals surface area contributed by atoms with Crippen LogP contribution in [0, 0.1) is 0 Å². The van der Waals surface area contributed by atoms with Crippen LogP contribution in [0.3, 0.4) is 0 Å². The normalized spacial score (nSPS) is 11.2. The van der Waals surface area contributed by atoms with E-state index in [1.54, 1.807) is 7.05 Å². The second kappa shape index (κ2) is 11.0. The maximum absolute atomic E-state index is 12.7. The Kier molecular flexibility index (Phi) is 9.28. The predicted molar refractivity (Wildman–Crippen MR) is 102 cm³/mol. The monoisotopic (exact) mass is 449 g/mol. The highest BCUT2D eigenvalue weighted by Gasteiger charge is 2.11. The number of rotatable bonds is 7. The van der Waals surface area contributed by atoms with E-state index in [1.165, 1.54) is 18.0 Å². The van der Waals surface area contributed by atoms with E-state index in [0.29, 0.717) is 5.96 Å². The minimum Gasteiger partial charge on any atom is -0.356 e. The fourth-order valence-corrected chi connectivity index (χ4v) is 2.19. The number of aryl methyl sites for hydroxylation is 1. The molecular weight excluding hydrogens is 427 g/mol. The van der Waals surface area contributed by atoms with Crippen molar-refractivity contribution in [2.24, 2.45) is 4.99 Å². The minimum absolute atomic E-state index is 0. The molecule has 5 nitrogen and oxygen atoms in total. The molecular formula is C16H22F2IN5. The number of hydrogen-bond acceptors (Lipinski definition) is 2. The van der Waals surface area contributed by atoms with Crippen LogP contribution in [-0.2, 0) is 13.0 Å². The van der Waals surface area contributed by atoms with Crippen LogP contribution < -0.4 is 10.6 Å². The zero-order chi connectivity index (χ0) is 16.5. The Morgan fingerprint density at radius 3 is 2.67 bits per heavy atom.